The van der Waals surface area contributed by atoms with Gasteiger partial charge in [0.05, 0.1) is 28.8 Å². The van der Waals surface area contributed by atoms with Crippen molar-refractivity contribution in [2.24, 2.45) is 11.3 Å². The van der Waals surface area contributed by atoms with Gasteiger partial charge < -0.3 is 15.3 Å². The molecule has 0 unspecified atom stereocenters. The molecule has 3 aliphatic rings. The minimum Gasteiger partial charge on any atom is -0.390 e. The van der Waals surface area contributed by atoms with E-state index >= 15 is 0 Å². The van der Waals surface area contributed by atoms with E-state index in [-0.39, 0.29) is 16.7 Å². The largest absolute Gasteiger partial charge is 0.390 e. The molecule has 3 heterocycles. The maximum Gasteiger partial charge on any atom is 0.226 e. The Morgan fingerprint density at radius 1 is 1.21 bits per heavy atom. The lowest BCUT2D eigenvalue weighted by Gasteiger charge is -2.26. The van der Waals surface area contributed by atoms with Crippen LogP contribution in [0.2, 0.25) is 0 Å². The highest BCUT2D eigenvalue weighted by Gasteiger charge is 2.75. The standard InChI is InChI=1S/C25H29N7O/c1-23(2,33)18-6-9-31(13-18)20-11-21(30-22(27-3)29-20)32-19-10-17(5-4-16(19)12-28-32)25(15-26)14-24(25)7-8-24/h4-5,10-12,18,33H,6-9,13-14H2,1-3H3,(H,27,29,30)/t18-,25+/m1/s1. The van der Waals surface area contributed by atoms with E-state index in [1.54, 1.807) is 0 Å². The molecule has 3 fully saturated rings. The summed E-state index contributed by atoms with van der Waals surface area (Å²) in [4.78, 5) is 11.6. The number of hydrogen-bond donors (Lipinski definition) is 2. The van der Waals surface area contributed by atoms with Crippen molar-refractivity contribution in [1.82, 2.24) is 19.7 Å². The van der Waals surface area contributed by atoms with E-state index in [1.165, 1.54) is 0 Å². The Hall–Kier alpha value is -3.18. The van der Waals surface area contributed by atoms with Gasteiger partial charge in [0.15, 0.2) is 5.82 Å². The maximum atomic E-state index is 10.5. The van der Waals surface area contributed by atoms with Crippen LogP contribution in [0.15, 0.2) is 30.5 Å². The molecular formula is C25H29N7O. The highest BCUT2D eigenvalue weighted by Crippen LogP contribution is 2.78. The molecule has 0 bridgehead atoms. The van der Waals surface area contributed by atoms with Crippen molar-refractivity contribution in [1.29, 1.82) is 5.26 Å². The molecule has 1 aliphatic heterocycles. The van der Waals surface area contributed by atoms with Gasteiger partial charge in [0, 0.05) is 37.5 Å². The Morgan fingerprint density at radius 3 is 2.64 bits per heavy atom. The molecule has 3 aromatic rings. The zero-order chi connectivity index (χ0) is 23.0. The van der Waals surface area contributed by atoms with E-state index < -0.39 is 5.60 Å². The van der Waals surface area contributed by atoms with Crippen molar-refractivity contribution in [2.75, 3.05) is 30.4 Å². The molecule has 170 valence electrons. The Labute approximate surface area is 193 Å². The second-order valence-electron chi connectivity index (χ2n) is 10.5. The number of aliphatic hydroxyl groups is 1. The van der Waals surface area contributed by atoms with Crippen LogP contribution in [0.25, 0.3) is 16.7 Å². The maximum absolute atomic E-state index is 10.5. The molecule has 8 heteroatoms. The number of benzene rings is 1. The molecule has 2 atom stereocenters. The van der Waals surface area contributed by atoms with Gasteiger partial charge in [0.1, 0.15) is 5.82 Å². The average Bonchev–Trinajstić information content (AvgIpc) is 3.55. The molecule has 2 aliphatic carbocycles. The second-order valence-corrected chi connectivity index (χ2v) is 10.5. The summed E-state index contributed by atoms with van der Waals surface area (Å²) >= 11 is 0. The molecule has 1 saturated heterocycles. The lowest BCUT2D eigenvalue weighted by Crippen LogP contribution is -2.33. The van der Waals surface area contributed by atoms with Gasteiger partial charge in [0.25, 0.3) is 0 Å². The fraction of sp³-hybridized carbons (Fsp3) is 0.520. The van der Waals surface area contributed by atoms with Crippen molar-refractivity contribution in [3.63, 3.8) is 0 Å². The van der Waals surface area contributed by atoms with Crippen LogP contribution in [0.3, 0.4) is 0 Å². The topological polar surface area (TPSA) is 103 Å². The number of fused-ring (bicyclic) bond motifs is 1. The third-order valence-corrected chi connectivity index (χ3v) is 8.14. The van der Waals surface area contributed by atoms with E-state index in [9.17, 15) is 10.4 Å². The number of aromatic nitrogens is 4. The second kappa shape index (κ2) is 6.67. The summed E-state index contributed by atoms with van der Waals surface area (Å²) in [6.45, 7) is 5.34. The highest BCUT2D eigenvalue weighted by atomic mass is 16.3. The lowest BCUT2D eigenvalue weighted by molar-refractivity contribution is 0.0263. The van der Waals surface area contributed by atoms with Gasteiger partial charge in [-0.2, -0.15) is 20.3 Å². The summed E-state index contributed by atoms with van der Waals surface area (Å²) in [5.41, 5.74) is 1.20. The van der Waals surface area contributed by atoms with Crippen molar-refractivity contribution < 1.29 is 5.11 Å². The van der Waals surface area contributed by atoms with Gasteiger partial charge in [-0.1, -0.05) is 12.1 Å². The van der Waals surface area contributed by atoms with E-state index in [2.05, 4.69) is 49.6 Å². The lowest BCUT2D eigenvalue weighted by atomic mass is 9.90. The zero-order valence-corrected chi connectivity index (χ0v) is 19.3. The first-order valence-corrected chi connectivity index (χ1v) is 11.7. The molecule has 2 saturated carbocycles. The van der Waals surface area contributed by atoms with E-state index in [1.807, 2.05) is 37.8 Å². The first kappa shape index (κ1) is 20.4. The zero-order valence-electron chi connectivity index (χ0n) is 19.3. The van der Waals surface area contributed by atoms with Crippen LogP contribution in [-0.4, -0.2) is 50.6 Å². The summed E-state index contributed by atoms with van der Waals surface area (Å²) in [5.74, 6) is 2.23. The smallest absolute Gasteiger partial charge is 0.226 e. The SMILES string of the molecule is CNc1nc(N2CC[C@@H](C(C)(C)O)C2)cc(-n2ncc3ccc([C@@]4(C#N)CC45CC5)cc32)n1. The predicted octanol–water partition coefficient (Wildman–Crippen LogP) is 3.40. The van der Waals surface area contributed by atoms with Crippen LogP contribution in [0.5, 0.6) is 0 Å². The third-order valence-electron chi connectivity index (χ3n) is 8.14. The van der Waals surface area contributed by atoms with Gasteiger partial charge >= 0.3 is 0 Å². The summed E-state index contributed by atoms with van der Waals surface area (Å²) < 4.78 is 1.85. The third kappa shape index (κ3) is 3.02. The minimum atomic E-state index is -0.719. The summed E-state index contributed by atoms with van der Waals surface area (Å²) in [6, 6.07) is 10.9. The molecule has 6 rings (SSSR count). The fourth-order valence-electron chi connectivity index (χ4n) is 5.66. The molecule has 8 nitrogen and oxygen atoms in total. The van der Waals surface area contributed by atoms with Gasteiger partial charge in [-0.25, -0.2) is 4.68 Å². The molecule has 0 amide bonds. The molecule has 1 spiro atoms. The Morgan fingerprint density at radius 2 is 2.00 bits per heavy atom. The van der Waals surface area contributed by atoms with Crippen LogP contribution in [0.4, 0.5) is 11.8 Å². The molecular weight excluding hydrogens is 414 g/mol. The van der Waals surface area contributed by atoms with Crippen molar-refractivity contribution in [3.05, 3.63) is 36.0 Å². The average molecular weight is 444 g/mol. The number of hydrogen-bond acceptors (Lipinski definition) is 7. The normalized spacial score (nSPS) is 25.4. The first-order chi connectivity index (χ1) is 15.8. The molecule has 0 radical (unpaired) electrons. The van der Waals surface area contributed by atoms with E-state index in [0.717, 1.165) is 61.1 Å². The monoisotopic (exact) mass is 443 g/mol. The molecule has 1 aromatic carbocycles. The fourth-order valence-corrected chi connectivity index (χ4v) is 5.66. The number of nitrogens with one attached hydrogen (secondary N) is 1. The molecule has 2 aromatic heterocycles. The highest BCUT2D eigenvalue weighted by molar-refractivity contribution is 5.82. The summed E-state index contributed by atoms with van der Waals surface area (Å²) in [5, 5.41) is 29.2. The first-order valence-electron chi connectivity index (χ1n) is 11.7. The minimum absolute atomic E-state index is 0.192. The molecule has 2 N–H and O–H groups in total. The van der Waals surface area contributed by atoms with E-state index in [4.69, 9.17) is 0 Å². The van der Waals surface area contributed by atoms with Crippen molar-refractivity contribution >= 4 is 22.7 Å². The van der Waals surface area contributed by atoms with Crippen LogP contribution >= 0.6 is 0 Å². The van der Waals surface area contributed by atoms with Gasteiger partial charge in [-0.15, -0.1) is 0 Å². The predicted molar refractivity (Wildman–Crippen MR) is 126 cm³/mol. The quantitative estimate of drug-likeness (QED) is 0.623. The number of rotatable bonds is 5. The van der Waals surface area contributed by atoms with Crippen molar-refractivity contribution in [3.8, 4) is 11.9 Å². The summed E-state index contributed by atoms with van der Waals surface area (Å²) in [6.07, 6.45) is 6.04. The number of nitriles is 1. The van der Waals surface area contributed by atoms with Gasteiger partial charge in [-0.05, 0) is 56.6 Å². The van der Waals surface area contributed by atoms with Crippen LogP contribution in [0, 0.1) is 22.7 Å². The van der Waals surface area contributed by atoms with Gasteiger partial charge in [-0.3, -0.25) is 0 Å². The Bertz CT molecular complexity index is 1300. The number of anilines is 2. The summed E-state index contributed by atoms with van der Waals surface area (Å²) in [7, 11) is 1.81. The van der Waals surface area contributed by atoms with E-state index in [0.29, 0.717) is 11.8 Å². The molecule has 33 heavy (non-hydrogen) atoms. The van der Waals surface area contributed by atoms with Crippen LogP contribution in [-0.2, 0) is 5.41 Å². The Balaban J connectivity index is 1.40. The van der Waals surface area contributed by atoms with Crippen molar-refractivity contribution in [2.45, 2.75) is 50.5 Å². The number of nitrogens with zero attached hydrogens (tertiary/aromatic N) is 6. The van der Waals surface area contributed by atoms with Gasteiger partial charge in [0.2, 0.25) is 5.95 Å². The van der Waals surface area contributed by atoms with Crippen LogP contribution in [0.1, 0.15) is 45.1 Å². The Kier molecular flexibility index (Phi) is 4.13. The van der Waals surface area contributed by atoms with Crippen LogP contribution < -0.4 is 10.2 Å².